The molecule has 20 heavy (non-hydrogen) atoms. The summed E-state index contributed by atoms with van der Waals surface area (Å²) in [5.41, 5.74) is -0.253. The van der Waals surface area contributed by atoms with Crippen LogP contribution in [0.3, 0.4) is 0 Å². The van der Waals surface area contributed by atoms with Crippen LogP contribution in [0.5, 0.6) is 0 Å². The molecule has 1 saturated heterocycles. The second kappa shape index (κ2) is 5.06. The number of thiophene rings is 1. The molecule has 0 radical (unpaired) electrons. The first-order chi connectivity index (χ1) is 9.07. The maximum Gasteiger partial charge on any atom is 0.250 e. The second-order valence-electron chi connectivity index (χ2n) is 5.34. The summed E-state index contributed by atoms with van der Waals surface area (Å²) in [5.74, 6) is -0.187. The summed E-state index contributed by atoms with van der Waals surface area (Å²) < 4.78 is 50.2. The van der Waals surface area contributed by atoms with Gasteiger partial charge in [0, 0.05) is 10.4 Å². The summed E-state index contributed by atoms with van der Waals surface area (Å²) in [5, 5.41) is 9.12. The fourth-order valence-electron chi connectivity index (χ4n) is 2.24. The highest BCUT2D eigenvalue weighted by atomic mass is 32.2. The molecule has 6 nitrogen and oxygen atoms in total. The van der Waals surface area contributed by atoms with Crippen molar-refractivity contribution in [2.24, 2.45) is 0 Å². The van der Waals surface area contributed by atoms with E-state index in [0.717, 1.165) is 11.3 Å². The van der Waals surface area contributed by atoms with E-state index in [2.05, 4.69) is 4.72 Å². The average molecular weight is 339 g/mol. The molecule has 2 rings (SSSR count). The molecule has 1 atom stereocenters. The zero-order valence-corrected chi connectivity index (χ0v) is 13.7. The third-order valence-electron chi connectivity index (χ3n) is 3.29. The molecule has 0 aliphatic carbocycles. The molecule has 0 bridgehead atoms. The van der Waals surface area contributed by atoms with Crippen molar-refractivity contribution in [3.63, 3.8) is 0 Å². The van der Waals surface area contributed by atoms with Crippen LogP contribution in [0.25, 0.3) is 0 Å². The Morgan fingerprint density at radius 2 is 2.15 bits per heavy atom. The van der Waals surface area contributed by atoms with Crippen LogP contribution in [0.15, 0.2) is 10.3 Å². The van der Waals surface area contributed by atoms with Crippen LogP contribution in [0.1, 0.15) is 23.8 Å². The zero-order valence-electron chi connectivity index (χ0n) is 11.2. The van der Waals surface area contributed by atoms with Gasteiger partial charge in [-0.05, 0) is 31.9 Å². The number of rotatable bonds is 4. The summed E-state index contributed by atoms with van der Waals surface area (Å²) in [6.45, 7) is 3.11. The molecule has 1 aliphatic heterocycles. The number of hydrogen-bond acceptors (Lipinski definition) is 6. The molecule has 1 aliphatic rings. The van der Waals surface area contributed by atoms with Gasteiger partial charge in [-0.1, -0.05) is 0 Å². The van der Waals surface area contributed by atoms with Gasteiger partial charge in [-0.15, -0.1) is 11.3 Å². The summed E-state index contributed by atoms with van der Waals surface area (Å²) in [6, 6.07) is 1.49. The summed E-state index contributed by atoms with van der Waals surface area (Å²) >= 11 is 0.998. The van der Waals surface area contributed by atoms with Crippen LogP contribution in [0, 0.1) is 6.92 Å². The molecule has 0 amide bonds. The predicted molar refractivity (Wildman–Crippen MR) is 77.0 cm³/mol. The van der Waals surface area contributed by atoms with Crippen molar-refractivity contribution in [3.8, 4) is 0 Å². The molecule has 9 heteroatoms. The largest absolute Gasteiger partial charge is 0.391 e. The maximum atomic E-state index is 12.3. The van der Waals surface area contributed by atoms with Crippen molar-refractivity contribution < 1.29 is 21.9 Å². The number of aliphatic hydroxyl groups is 1. The maximum absolute atomic E-state index is 12.3. The van der Waals surface area contributed by atoms with Gasteiger partial charge >= 0.3 is 0 Å². The minimum absolute atomic E-state index is 0.00260. The number of nitrogens with one attached hydrogen (secondary N) is 1. The summed E-state index contributed by atoms with van der Waals surface area (Å²) in [7, 11) is -6.95. The Hall–Kier alpha value is -0.480. The number of hydrogen-bond donors (Lipinski definition) is 2. The Labute approximate surface area is 122 Å². The lowest BCUT2D eigenvalue weighted by atomic mass is 10.0. The fourth-order valence-corrected chi connectivity index (χ4v) is 7.31. The molecule has 2 heterocycles. The van der Waals surface area contributed by atoms with Crippen LogP contribution in [-0.4, -0.2) is 39.0 Å². The highest BCUT2D eigenvalue weighted by Gasteiger charge is 2.41. The molecule has 0 spiro atoms. The number of sulfone groups is 1. The smallest absolute Gasteiger partial charge is 0.250 e. The second-order valence-corrected chi connectivity index (χ2v) is 10.6. The van der Waals surface area contributed by atoms with E-state index in [9.17, 15) is 16.8 Å². The standard InChI is InChI=1S/C11H17NO5S3/c1-8-5-10(18-9(8)6-13)20(16,17)12-11(2)3-4-19(14,15)7-11/h5,12-13H,3-4,6-7H2,1-2H3. The van der Waals surface area contributed by atoms with E-state index in [1.807, 2.05) is 0 Å². The average Bonchev–Trinajstić information content (AvgIpc) is 2.79. The van der Waals surface area contributed by atoms with Crippen molar-refractivity contribution in [1.82, 2.24) is 4.72 Å². The van der Waals surface area contributed by atoms with Gasteiger partial charge in [0.2, 0.25) is 0 Å². The van der Waals surface area contributed by atoms with Crippen LogP contribution in [0.2, 0.25) is 0 Å². The van der Waals surface area contributed by atoms with E-state index in [4.69, 9.17) is 5.11 Å². The van der Waals surface area contributed by atoms with Gasteiger partial charge in [-0.25, -0.2) is 21.6 Å². The Kier molecular flexibility index (Phi) is 4.02. The SMILES string of the molecule is Cc1cc(S(=O)(=O)NC2(C)CCS(=O)(=O)C2)sc1CO. The van der Waals surface area contributed by atoms with Gasteiger partial charge in [0.15, 0.2) is 9.84 Å². The first-order valence-electron chi connectivity index (χ1n) is 6.01. The van der Waals surface area contributed by atoms with Crippen LogP contribution in [0.4, 0.5) is 0 Å². The van der Waals surface area contributed by atoms with Crippen molar-refractivity contribution in [3.05, 3.63) is 16.5 Å². The van der Waals surface area contributed by atoms with Gasteiger partial charge in [0.1, 0.15) is 4.21 Å². The Morgan fingerprint density at radius 3 is 2.60 bits per heavy atom. The van der Waals surface area contributed by atoms with Crippen molar-refractivity contribution in [2.45, 2.75) is 36.6 Å². The summed E-state index contributed by atoms with van der Waals surface area (Å²) in [6.07, 6.45) is 0.270. The van der Waals surface area contributed by atoms with Crippen molar-refractivity contribution in [2.75, 3.05) is 11.5 Å². The van der Waals surface area contributed by atoms with Crippen LogP contribution < -0.4 is 4.72 Å². The van der Waals surface area contributed by atoms with Gasteiger partial charge in [-0.2, -0.15) is 0 Å². The molecule has 0 saturated carbocycles. The quantitative estimate of drug-likeness (QED) is 0.827. The topological polar surface area (TPSA) is 101 Å². The highest BCUT2D eigenvalue weighted by molar-refractivity contribution is 7.92. The molecular weight excluding hydrogens is 322 g/mol. The number of aliphatic hydroxyl groups excluding tert-OH is 1. The molecule has 2 N–H and O–H groups in total. The lowest BCUT2D eigenvalue weighted by molar-refractivity contribution is 0.285. The highest BCUT2D eigenvalue weighted by Crippen LogP contribution is 2.29. The normalized spacial score (nSPS) is 25.9. The van der Waals surface area contributed by atoms with E-state index in [-0.39, 0.29) is 28.7 Å². The predicted octanol–water partition coefficient (Wildman–Crippen LogP) is 0.404. The van der Waals surface area contributed by atoms with Gasteiger partial charge < -0.3 is 5.11 Å². The van der Waals surface area contributed by atoms with Crippen molar-refractivity contribution in [1.29, 1.82) is 0 Å². The summed E-state index contributed by atoms with van der Waals surface area (Å²) in [4.78, 5) is 0.592. The molecule has 114 valence electrons. The molecular formula is C11H17NO5S3. The Bertz CT molecular complexity index is 719. The van der Waals surface area contributed by atoms with Crippen molar-refractivity contribution >= 4 is 31.2 Å². The number of sulfonamides is 1. The third-order valence-corrected chi connectivity index (χ3v) is 8.53. The van der Waals surface area contributed by atoms with E-state index in [1.165, 1.54) is 6.07 Å². The minimum atomic E-state index is -3.77. The molecule has 1 unspecified atom stereocenters. The fraction of sp³-hybridized carbons (Fsp3) is 0.636. The van der Waals surface area contributed by atoms with Gasteiger partial charge in [-0.3, -0.25) is 0 Å². The van der Waals surface area contributed by atoms with E-state index < -0.39 is 25.4 Å². The molecule has 1 aromatic rings. The third kappa shape index (κ3) is 3.22. The van der Waals surface area contributed by atoms with Gasteiger partial charge in [0.25, 0.3) is 10.0 Å². The first-order valence-corrected chi connectivity index (χ1v) is 10.1. The van der Waals surface area contributed by atoms with Crippen LogP contribution >= 0.6 is 11.3 Å². The molecule has 1 aromatic heterocycles. The number of aryl methyl sites for hydroxylation is 1. The first kappa shape index (κ1) is 15.9. The van der Waals surface area contributed by atoms with E-state index in [1.54, 1.807) is 13.8 Å². The monoisotopic (exact) mass is 339 g/mol. The molecule has 1 fully saturated rings. The van der Waals surface area contributed by atoms with Gasteiger partial charge in [0.05, 0.1) is 18.1 Å². The Morgan fingerprint density at radius 1 is 1.50 bits per heavy atom. The van der Waals surface area contributed by atoms with E-state index in [0.29, 0.717) is 10.4 Å². The molecule has 0 aromatic carbocycles. The van der Waals surface area contributed by atoms with Crippen LogP contribution in [-0.2, 0) is 26.5 Å². The zero-order chi connectivity index (χ0) is 15.2. The lowest BCUT2D eigenvalue weighted by Gasteiger charge is -2.22. The Balaban J connectivity index is 2.28. The van der Waals surface area contributed by atoms with E-state index >= 15 is 0 Å². The lowest BCUT2D eigenvalue weighted by Crippen LogP contribution is -2.46. The minimum Gasteiger partial charge on any atom is -0.391 e.